The van der Waals surface area contributed by atoms with Gasteiger partial charge in [0.25, 0.3) is 0 Å². The van der Waals surface area contributed by atoms with E-state index < -0.39 is 0 Å². The lowest BCUT2D eigenvalue weighted by Gasteiger charge is -2.15. The standard InChI is InChI=1S/C54H34N4/c1-3-16-36(17-4-1)48-33-49(56-54(55-48)39-28-27-35-15-7-8-18-37(35)29-39)45-31-41(30-38-19-9-10-22-42(38)45)58-51-26-14-12-24-44(51)47-32-46-43-23-11-13-25-50(43)57(52(46)34-53(47)58)40-20-5-2-6-21-40/h1-34H. The van der Waals surface area contributed by atoms with Crippen molar-refractivity contribution in [3.05, 3.63) is 206 Å². The maximum atomic E-state index is 5.39. The Morgan fingerprint density at radius 1 is 0.293 bits per heavy atom. The molecule has 0 aliphatic carbocycles. The van der Waals surface area contributed by atoms with Gasteiger partial charge in [-0.25, -0.2) is 9.97 Å². The molecule has 0 radical (unpaired) electrons. The minimum atomic E-state index is 0.699. The highest BCUT2D eigenvalue weighted by atomic mass is 15.0. The fraction of sp³-hybridized carbons (Fsp3) is 0. The summed E-state index contributed by atoms with van der Waals surface area (Å²) in [5, 5.41) is 9.57. The third-order valence-electron chi connectivity index (χ3n) is 11.7. The zero-order valence-corrected chi connectivity index (χ0v) is 31.4. The first-order chi connectivity index (χ1) is 28.7. The van der Waals surface area contributed by atoms with Crippen molar-refractivity contribution in [3.63, 3.8) is 0 Å². The lowest BCUT2D eigenvalue weighted by molar-refractivity contribution is 1.16. The third-order valence-corrected chi connectivity index (χ3v) is 11.7. The van der Waals surface area contributed by atoms with E-state index in [9.17, 15) is 0 Å². The summed E-state index contributed by atoms with van der Waals surface area (Å²) in [6.07, 6.45) is 0. The Morgan fingerprint density at radius 3 is 1.59 bits per heavy atom. The Labute approximate surface area is 334 Å². The number of rotatable bonds is 5. The molecule has 12 rings (SSSR count). The Balaban J connectivity index is 1.15. The van der Waals surface area contributed by atoms with Gasteiger partial charge in [-0.3, -0.25) is 0 Å². The van der Waals surface area contributed by atoms with Gasteiger partial charge in [0.15, 0.2) is 5.82 Å². The number of fused-ring (bicyclic) bond motifs is 8. The van der Waals surface area contributed by atoms with Gasteiger partial charge >= 0.3 is 0 Å². The van der Waals surface area contributed by atoms with Gasteiger partial charge in [-0.05, 0) is 82.2 Å². The first-order valence-electron chi connectivity index (χ1n) is 19.7. The van der Waals surface area contributed by atoms with Crippen LogP contribution in [0.4, 0.5) is 0 Å². The van der Waals surface area contributed by atoms with Crippen molar-refractivity contribution < 1.29 is 0 Å². The van der Waals surface area contributed by atoms with Crippen LogP contribution in [-0.4, -0.2) is 19.1 Å². The van der Waals surface area contributed by atoms with Crippen LogP contribution in [0.25, 0.3) is 110 Å². The summed E-state index contributed by atoms with van der Waals surface area (Å²) < 4.78 is 4.84. The molecular weight excluding hydrogens is 705 g/mol. The summed E-state index contributed by atoms with van der Waals surface area (Å²) in [7, 11) is 0. The van der Waals surface area contributed by atoms with Crippen LogP contribution in [0.2, 0.25) is 0 Å². The summed E-state index contributed by atoms with van der Waals surface area (Å²) >= 11 is 0. The summed E-state index contributed by atoms with van der Waals surface area (Å²) in [5.74, 6) is 0.699. The number of aromatic nitrogens is 4. The molecule has 0 atom stereocenters. The lowest BCUT2D eigenvalue weighted by Crippen LogP contribution is -1.99. The van der Waals surface area contributed by atoms with Crippen LogP contribution in [0, 0.1) is 0 Å². The number of benzene rings is 9. The third kappa shape index (κ3) is 5.09. The Morgan fingerprint density at radius 2 is 0.862 bits per heavy atom. The Hall–Kier alpha value is -7.82. The second-order valence-electron chi connectivity index (χ2n) is 15.0. The van der Waals surface area contributed by atoms with Gasteiger partial charge in [0.2, 0.25) is 0 Å². The predicted octanol–water partition coefficient (Wildman–Crippen LogP) is 14.0. The van der Waals surface area contributed by atoms with Crippen molar-refractivity contribution in [2.24, 2.45) is 0 Å². The monoisotopic (exact) mass is 738 g/mol. The quantitative estimate of drug-likeness (QED) is 0.176. The molecule has 0 saturated carbocycles. The van der Waals surface area contributed by atoms with E-state index in [1.54, 1.807) is 0 Å². The van der Waals surface area contributed by atoms with Crippen LogP contribution in [0.15, 0.2) is 206 Å². The minimum Gasteiger partial charge on any atom is -0.309 e. The molecule has 0 N–H and O–H groups in total. The molecule has 0 fully saturated rings. The molecule has 3 heterocycles. The minimum absolute atomic E-state index is 0.699. The first-order valence-corrected chi connectivity index (χ1v) is 19.7. The molecular formula is C54H34N4. The summed E-state index contributed by atoms with van der Waals surface area (Å²) in [4.78, 5) is 10.6. The average Bonchev–Trinajstić information content (AvgIpc) is 3.80. The molecule has 4 nitrogen and oxygen atoms in total. The molecule has 0 unspecified atom stereocenters. The van der Waals surface area contributed by atoms with E-state index in [0.717, 1.165) is 66.6 Å². The van der Waals surface area contributed by atoms with Gasteiger partial charge in [0, 0.05) is 49.6 Å². The van der Waals surface area contributed by atoms with Crippen molar-refractivity contribution >= 4 is 65.2 Å². The van der Waals surface area contributed by atoms with Crippen LogP contribution in [-0.2, 0) is 0 Å². The fourth-order valence-corrected chi connectivity index (χ4v) is 9.00. The van der Waals surface area contributed by atoms with E-state index in [1.807, 2.05) is 6.07 Å². The first kappa shape index (κ1) is 32.4. The Bertz CT molecular complexity index is 3560. The Kier molecular flexibility index (Phi) is 7.20. The van der Waals surface area contributed by atoms with E-state index >= 15 is 0 Å². The van der Waals surface area contributed by atoms with Crippen molar-refractivity contribution in [2.75, 3.05) is 0 Å². The van der Waals surface area contributed by atoms with Gasteiger partial charge in [0.1, 0.15) is 0 Å². The molecule has 0 spiro atoms. The van der Waals surface area contributed by atoms with Crippen LogP contribution in [0.3, 0.4) is 0 Å². The molecule has 58 heavy (non-hydrogen) atoms. The SMILES string of the molecule is c1ccc(-c2cc(-c3cc(-n4c5ccccc5c5cc6c7ccccc7n(-c7ccccc7)c6cc54)cc4ccccc34)nc(-c3ccc4ccccc4c3)n2)cc1. The fourth-order valence-electron chi connectivity index (χ4n) is 9.00. The maximum Gasteiger partial charge on any atom is 0.160 e. The second kappa shape index (κ2) is 12.9. The molecule has 4 heteroatoms. The van der Waals surface area contributed by atoms with Gasteiger partial charge in [0.05, 0.1) is 33.5 Å². The molecule has 0 saturated heterocycles. The van der Waals surface area contributed by atoms with Crippen molar-refractivity contribution in [3.8, 4) is 45.3 Å². The summed E-state index contributed by atoms with van der Waals surface area (Å²) in [6, 6.07) is 73.9. The van der Waals surface area contributed by atoms with E-state index in [4.69, 9.17) is 9.97 Å². The molecule has 12 aromatic rings. The normalized spacial score (nSPS) is 11.8. The van der Waals surface area contributed by atoms with Gasteiger partial charge in [-0.15, -0.1) is 0 Å². The second-order valence-corrected chi connectivity index (χ2v) is 15.0. The molecule has 0 amide bonds. The van der Waals surface area contributed by atoms with E-state index in [2.05, 4.69) is 209 Å². The van der Waals surface area contributed by atoms with Crippen molar-refractivity contribution in [2.45, 2.75) is 0 Å². The smallest absolute Gasteiger partial charge is 0.160 e. The predicted molar refractivity (Wildman–Crippen MR) is 242 cm³/mol. The van der Waals surface area contributed by atoms with Gasteiger partial charge in [-0.1, -0.05) is 146 Å². The summed E-state index contributed by atoms with van der Waals surface area (Å²) in [5.41, 5.74) is 11.8. The zero-order valence-electron chi connectivity index (χ0n) is 31.4. The topological polar surface area (TPSA) is 35.6 Å². The highest BCUT2D eigenvalue weighted by molar-refractivity contribution is 6.19. The molecule has 3 aromatic heterocycles. The van der Waals surface area contributed by atoms with Crippen molar-refractivity contribution in [1.29, 1.82) is 0 Å². The number of nitrogens with zero attached hydrogens (tertiary/aromatic N) is 4. The average molecular weight is 739 g/mol. The molecule has 9 aromatic carbocycles. The van der Waals surface area contributed by atoms with Crippen LogP contribution >= 0.6 is 0 Å². The van der Waals surface area contributed by atoms with Crippen molar-refractivity contribution in [1.82, 2.24) is 19.1 Å². The number of hydrogen-bond acceptors (Lipinski definition) is 2. The molecule has 0 aliphatic heterocycles. The number of hydrogen-bond donors (Lipinski definition) is 0. The maximum absolute atomic E-state index is 5.39. The van der Waals surface area contributed by atoms with Crippen LogP contribution in [0.5, 0.6) is 0 Å². The number of para-hydroxylation sites is 3. The highest BCUT2D eigenvalue weighted by Gasteiger charge is 2.20. The molecule has 270 valence electrons. The lowest BCUT2D eigenvalue weighted by atomic mass is 9.99. The molecule has 0 bridgehead atoms. The molecule has 0 aliphatic rings. The zero-order chi connectivity index (χ0) is 38.2. The van der Waals surface area contributed by atoms with Crippen LogP contribution in [0.1, 0.15) is 0 Å². The van der Waals surface area contributed by atoms with Crippen LogP contribution < -0.4 is 0 Å². The summed E-state index contributed by atoms with van der Waals surface area (Å²) in [6.45, 7) is 0. The van der Waals surface area contributed by atoms with E-state index in [-0.39, 0.29) is 0 Å². The van der Waals surface area contributed by atoms with E-state index in [1.165, 1.54) is 38.0 Å². The largest absolute Gasteiger partial charge is 0.309 e. The van der Waals surface area contributed by atoms with Gasteiger partial charge < -0.3 is 9.13 Å². The highest BCUT2D eigenvalue weighted by Crippen LogP contribution is 2.41. The van der Waals surface area contributed by atoms with E-state index in [0.29, 0.717) is 5.82 Å². The van der Waals surface area contributed by atoms with Gasteiger partial charge in [-0.2, -0.15) is 0 Å².